The van der Waals surface area contributed by atoms with Crippen molar-refractivity contribution in [3.05, 3.63) is 41.7 Å². The highest BCUT2D eigenvalue weighted by atomic mass is 32.2. The van der Waals surface area contributed by atoms with E-state index in [1.54, 1.807) is 0 Å². The number of nitrogens with zero attached hydrogens (tertiary/aromatic N) is 1. The second-order valence-corrected chi connectivity index (χ2v) is 7.97. The molecule has 27 heavy (non-hydrogen) atoms. The number of rotatable bonds is 2. The van der Waals surface area contributed by atoms with Gasteiger partial charge in [-0.15, -0.1) is 0 Å². The van der Waals surface area contributed by atoms with Crippen LogP contribution in [0.5, 0.6) is 5.75 Å². The van der Waals surface area contributed by atoms with Gasteiger partial charge in [-0.3, -0.25) is 4.79 Å². The number of nitrogens with one attached hydrogen (secondary N) is 2. The summed E-state index contributed by atoms with van der Waals surface area (Å²) in [6.45, 7) is 0.336. The molecule has 0 radical (unpaired) electrons. The van der Waals surface area contributed by atoms with E-state index in [1.165, 1.54) is 23.9 Å². The van der Waals surface area contributed by atoms with Gasteiger partial charge in [-0.2, -0.15) is 0 Å². The first-order chi connectivity index (χ1) is 12.8. The lowest BCUT2D eigenvalue weighted by atomic mass is 10.2. The fourth-order valence-electron chi connectivity index (χ4n) is 3.08. The van der Waals surface area contributed by atoms with Gasteiger partial charge in [-0.05, 0) is 12.1 Å². The first-order valence-corrected chi connectivity index (χ1v) is 9.47. The molecule has 2 aliphatic rings. The predicted molar refractivity (Wildman–Crippen MR) is 89.1 cm³/mol. The maximum Gasteiger partial charge on any atom is 0.276 e. The number of aromatic nitrogens is 1. The van der Waals surface area contributed by atoms with Crippen molar-refractivity contribution in [1.82, 2.24) is 9.29 Å². The SMILES string of the molecule is Cn1cc2c(c1C(=O)Nc1ccc(F)c(F)c1)OC1COCC1NS2(=O)=O. The summed E-state index contributed by atoms with van der Waals surface area (Å²) in [5.41, 5.74) is -0.0433. The van der Waals surface area contributed by atoms with Crippen LogP contribution in [0.4, 0.5) is 14.5 Å². The Morgan fingerprint density at radius 1 is 1.30 bits per heavy atom. The molecule has 2 aromatic rings. The highest BCUT2D eigenvalue weighted by molar-refractivity contribution is 7.89. The van der Waals surface area contributed by atoms with E-state index in [0.717, 1.165) is 12.1 Å². The molecule has 144 valence electrons. The summed E-state index contributed by atoms with van der Waals surface area (Å²) in [5.74, 6) is -3.00. The molecule has 0 bridgehead atoms. The fourth-order valence-corrected chi connectivity index (χ4v) is 4.51. The van der Waals surface area contributed by atoms with E-state index in [-0.39, 0.29) is 35.2 Å². The lowest BCUT2D eigenvalue weighted by molar-refractivity contribution is 0.100. The molecule has 0 saturated carbocycles. The van der Waals surface area contributed by atoms with Gasteiger partial charge in [0.15, 0.2) is 23.1 Å². The van der Waals surface area contributed by atoms with E-state index in [2.05, 4.69) is 10.0 Å². The number of hydrogen-bond donors (Lipinski definition) is 2. The lowest BCUT2D eigenvalue weighted by Gasteiger charge is -2.16. The molecular formula is C16H15F2N3O5S. The van der Waals surface area contributed by atoms with Crippen LogP contribution < -0.4 is 14.8 Å². The predicted octanol–water partition coefficient (Wildman–Crippen LogP) is 0.994. The Labute approximate surface area is 153 Å². The number of ether oxygens (including phenoxy) is 2. The van der Waals surface area contributed by atoms with Crippen molar-refractivity contribution in [2.45, 2.75) is 17.0 Å². The molecule has 0 aliphatic carbocycles. The minimum absolute atomic E-state index is 0.0190. The van der Waals surface area contributed by atoms with Crippen LogP contribution in [0.3, 0.4) is 0 Å². The van der Waals surface area contributed by atoms with Crippen LogP contribution in [0.1, 0.15) is 10.5 Å². The minimum Gasteiger partial charge on any atom is -0.482 e. The normalized spacial score (nSPS) is 23.1. The number of benzene rings is 1. The van der Waals surface area contributed by atoms with Crippen LogP contribution in [0.2, 0.25) is 0 Å². The van der Waals surface area contributed by atoms with Gasteiger partial charge in [0.05, 0.1) is 19.3 Å². The molecule has 1 fully saturated rings. The molecule has 2 N–H and O–H groups in total. The van der Waals surface area contributed by atoms with E-state index >= 15 is 0 Å². The Bertz CT molecular complexity index is 1040. The maximum absolute atomic E-state index is 13.4. The number of aryl methyl sites for hydroxylation is 1. The number of fused-ring (bicyclic) bond motifs is 2. The monoisotopic (exact) mass is 399 g/mol. The summed E-state index contributed by atoms with van der Waals surface area (Å²) >= 11 is 0. The average molecular weight is 399 g/mol. The molecule has 1 aromatic heterocycles. The van der Waals surface area contributed by atoms with Crippen molar-refractivity contribution in [2.75, 3.05) is 18.5 Å². The average Bonchev–Trinajstić information content (AvgIpc) is 3.13. The van der Waals surface area contributed by atoms with Gasteiger partial charge in [-0.25, -0.2) is 21.9 Å². The molecule has 8 nitrogen and oxygen atoms in total. The zero-order chi connectivity index (χ0) is 19.3. The second-order valence-electron chi connectivity index (χ2n) is 6.29. The molecule has 3 heterocycles. The molecule has 2 atom stereocenters. The summed E-state index contributed by atoms with van der Waals surface area (Å²) in [6.07, 6.45) is 0.679. The van der Waals surface area contributed by atoms with E-state index in [1.807, 2.05) is 0 Å². The van der Waals surface area contributed by atoms with E-state index in [4.69, 9.17) is 9.47 Å². The third-order valence-corrected chi connectivity index (χ3v) is 5.87. The molecule has 4 rings (SSSR count). The van der Waals surface area contributed by atoms with E-state index in [0.29, 0.717) is 0 Å². The molecular weight excluding hydrogens is 384 g/mol. The molecule has 0 spiro atoms. The maximum atomic E-state index is 13.4. The molecule has 1 saturated heterocycles. The molecule has 2 aliphatic heterocycles. The summed E-state index contributed by atoms with van der Waals surface area (Å²) < 4.78 is 66.4. The summed E-state index contributed by atoms with van der Waals surface area (Å²) in [4.78, 5) is 12.5. The number of halogens is 2. The highest BCUT2D eigenvalue weighted by Crippen LogP contribution is 2.35. The van der Waals surface area contributed by atoms with Gasteiger partial charge in [0.2, 0.25) is 10.0 Å². The van der Waals surface area contributed by atoms with Crippen LogP contribution in [0, 0.1) is 11.6 Å². The second kappa shape index (κ2) is 6.29. The van der Waals surface area contributed by atoms with Gasteiger partial charge in [0.1, 0.15) is 11.0 Å². The Hall–Kier alpha value is -2.50. The first kappa shape index (κ1) is 17.9. The van der Waals surface area contributed by atoms with Crippen LogP contribution in [-0.4, -0.2) is 44.3 Å². The van der Waals surface area contributed by atoms with Gasteiger partial charge in [0, 0.05) is 25.0 Å². The number of hydrogen-bond acceptors (Lipinski definition) is 5. The zero-order valence-electron chi connectivity index (χ0n) is 14.0. The topological polar surface area (TPSA) is 98.7 Å². The minimum atomic E-state index is -3.92. The number of sulfonamides is 1. The van der Waals surface area contributed by atoms with E-state index in [9.17, 15) is 22.0 Å². The molecule has 1 aromatic carbocycles. The standard InChI is InChI=1S/C16H15F2N3O5S/c1-21-5-13-15(26-12-7-25-6-11(12)20-27(13,23)24)14(21)16(22)19-8-2-3-9(17)10(18)4-8/h2-5,11-12,20H,6-7H2,1H3,(H,19,22). The number of carbonyl (C=O) groups is 1. The van der Waals surface area contributed by atoms with Gasteiger partial charge < -0.3 is 19.4 Å². The molecule has 11 heteroatoms. The zero-order valence-corrected chi connectivity index (χ0v) is 14.8. The molecule has 2 unspecified atom stereocenters. The quantitative estimate of drug-likeness (QED) is 0.785. The van der Waals surface area contributed by atoms with Gasteiger partial charge in [0.25, 0.3) is 5.91 Å². The molecule has 1 amide bonds. The van der Waals surface area contributed by atoms with Crippen LogP contribution >= 0.6 is 0 Å². The van der Waals surface area contributed by atoms with Crippen LogP contribution in [0.25, 0.3) is 0 Å². The third kappa shape index (κ3) is 3.07. The Balaban J connectivity index is 1.73. The first-order valence-electron chi connectivity index (χ1n) is 7.99. The van der Waals surface area contributed by atoms with Crippen LogP contribution in [0.15, 0.2) is 29.3 Å². The Morgan fingerprint density at radius 2 is 2.07 bits per heavy atom. The van der Waals surface area contributed by atoms with Crippen molar-refractivity contribution >= 4 is 21.6 Å². The summed E-state index contributed by atoms with van der Waals surface area (Å²) in [5, 5.41) is 2.42. The van der Waals surface area contributed by atoms with Crippen molar-refractivity contribution in [3.63, 3.8) is 0 Å². The highest BCUT2D eigenvalue weighted by Gasteiger charge is 2.42. The van der Waals surface area contributed by atoms with E-state index < -0.39 is 39.7 Å². The Kier molecular flexibility index (Phi) is 4.17. The third-order valence-electron chi connectivity index (χ3n) is 4.39. The number of amides is 1. The fraction of sp³-hybridized carbons (Fsp3) is 0.312. The van der Waals surface area contributed by atoms with Gasteiger partial charge in [-0.1, -0.05) is 0 Å². The van der Waals surface area contributed by atoms with Gasteiger partial charge >= 0.3 is 0 Å². The Morgan fingerprint density at radius 3 is 2.81 bits per heavy atom. The lowest BCUT2D eigenvalue weighted by Crippen LogP contribution is -2.42. The number of anilines is 1. The van der Waals surface area contributed by atoms with Crippen LogP contribution in [-0.2, 0) is 21.8 Å². The number of carbonyl (C=O) groups excluding carboxylic acids is 1. The smallest absolute Gasteiger partial charge is 0.276 e. The summed E-state index contributed by atoms with van der Waals surface area (Å²) in [6, 6.07) is 2.34. The van der Waals surface area contributed by atoms with Crippen molar-refractivity contribution in [2.24, 2.45) is 7.05 Å². The van der Waals surface area contributed by atoms with Crippen molar-refractivity contribution in [3.8, 4) is 5.75 Å². The van der Waals surface area contributed by atoms with Crippen molar-refractivity contribution in [1.29, 1.82) is 0 Å². The largest absolute Gasteiger partial charge is 0.482 e. The summed E-state index contributed by atoms with van der Waals surface area (Å²) in [7, 11) is -2.44. The van der Waals surface area contributed by atoms with Crippen molar-refractivity contribution < 1.29 is 31.5 Å².